The highest BCUT2D eigenvalue weighted by Crippen LogP contribution is 2.40. The second-order valence-corrected chi connectivity index (χ2v) is 5.36. The molecule has 0 aromatic carbocycles. The summed E-state index contributed by atoms with van der Waals surface area (Å²) in [5.41, 5.74) is 1.76. The largest absolute Gasteiger partial charge is 0.464 e. The molecule has 0 radical (unpaired) electrons. The van der Waals surface area contributed by atoms with Crippen molar-refractivity contribution in [1.29, 1.82) is 0 Å². The lowest BCUT2D eigenvalue weighted by Crippen LogP contribution is -2.06. The molecular weight excluding hydrogens is 232 g/mol. The second kappa shape index (κ2) is 4.41. The van der Waals surface area contributed by atoms with Crippen molar-refractivity contribution in [2.75, 3.05) is 0 Å². The van der Waals surface area contributed by atoms with Crippen LogP contribution in [0.4, 0.5) is 0 Å². The molecular formula is C14H12O2S. The van der Waals surface area contributed by atoms with Crippen molar-refractivity contribution >= 4 is 18.0 Å². The predicted octanol–water partition coefficient (Wildman–Crippen LogP) is 3.26. The summed E-state index contributed by atoms with van der Waals surface area (Å²) in [6.07, 6.45) is 14.8. The molecule has 0 saturated carbocycles. The number of fused-ring (bicyclic) bond motifs is 1. The van der Waals surface area contributed by atoms with Crippen molar-refractivity contribution in [2.45, 2.75) is 18.1 Å². The highest BCUT2D eigenvalue weighted by molar-refractivity contribution is 8.04. The molecule has 2 nitrogen and oxygen atoms in total. The first-order valence-electron chi connectivity index (χ1n) is 5.65. The molecule has 17 heavy (non-hydrogen) atoms. The van der Waals surface area contributed by atoms with E-state index in [1.807, 2.05) is 30.0 Å². The Bertz CT molecular complexity index is 506. The minimum atomic E-state index is 0.276. The van der Waals surface area contributed by atoms with E-state index in [1.54, 1.807) is 6.26 Å². The van der Waals surface area contributed by atoms with E-state index in [0.717, 1.165) is 30.5 Å². The molecule has 0 amide bonds. The maximum absolute atomic E-state index is 10.8. The van der Waals surface area contributed by atoms with Gasteiger partial charge in [0, 0.05) is 16.1 Å². The number of thioether (sulfide) groups is 1. The number of carbonyl (C=O) groups is 1. The summed E-state index contributed by atoms with van der Waals surface area (Å²) in [6.45, 7) is 0. The molecule has 0 bridgehead atoms. The Morgan fingerprint density at radius 2 is 2.35 bits per heavy atom. The highest BCUT2D eigenvalue weighted by atomic mass is 32.2. The summed E-state index contributed by atoms with van der Waals surface area (Å²) in [5.74, 6) is 0.956. The highest BCUT2D eigenvalue weighted by Gasteiger charge is 2.23. The van der Waals surface area contributed by atoms with Gasteiger partial charge in [0.05, 0.1) is 11.5 Å². The van der Waals surface area contributed by atoms with Gasteiger partial charge < -0.3 is 4.74 Å². The molecule has 1 atom stereocenters. The van der Waals surface area contributed by atoms with Crippen LogP contribution in [0.25, 0.3) is 0 Å². The fourth-order valence-corrected chi connectivity index (χ4v) is 3.23. The molecule has 1 unspecified atom stereocenters. The van der Waals surface area contributed by atoms with Gasteiger partial charge in [-0.05, 0) is 25.0 Å². The van der Waals surface area contributed by atoms with Gasteiger partial charge in [-0.1, -0.05) is 18.2 Å². The summed E-state index contributed by atoms with van der Waals surface area (Å²) >= 11 is 1.82. The molecule has 0 spiro atoms. The van der Waals surface area contributed by atoms with E-state index in [2.05, 4.69) is 12.2 Å². The lowest BCUT2D eigenvalue weighted by Gasteiger charge is -2.17. The fraction of sp³-hybridized carbons (Fsp3) is 0.214. The first kappa shape index (κ1) is 10.7. The monoisotopic (exact) mass is 244 g/mol. The minimum Gasteiger partial charge on any atom is -0.464 e. The zero-order chi connectivity index (χ0) is 11.7. The van der Waals surface area contributed by atoms with Crippen LogP contribution in [0.1, 0.15) is 12.8 Å². The number of allylic oxidation sites excluding steroid dienone is 6. The van der Waals surface area contributed by atoms with Gasteiger partial charge in [-0.15, -0.1) is 11.8 Å². The summed E-state index contributed by atoms with van der Waals surface area (Å²) in [7, 11) is 0. The van der Waals surface area contributed by atoms with Crippen LogP contribution in [0.5, 0.6) is 0 Å². The number of hydrogen-bond acceptors (Lipinski definition) is 3. The molecule has 3 heteroatoms. The zero-order valence-electron chi connectivity index (χ0n) is 9.26. The van der Waals surface area contributed by atoms with Gasteiger partial charge in [0.1, 0.15) is 12.0 Å². The lowest BCUT2D eigenvalue weighted by atomic mass is 10.0. The average molecular weight is 244 g/mol. The van der Waals surface area contributed by atoms with Crippen LogP contribution < -0.4 is 0 Å². The van der Waals surface area contributed by atoms with Crippen molar-refractivity contribution in [3.05, 3.63) is 58.5 Å². The van der Waals surface area contributed by atoms with Gasteiger partial charge in [-0.25, -0.2) is 0 Å². The summed E-state index contributed by atoms with van der Waals surface area (Å²) in [5, 5.41) is 0.276. The number of ether oxygens (including phenoxy) is 1. The Morgan fingerprint density at radius 1 is 1.41 bits per heavy atom. The van der Waals surface area contributed by atoms with Crippen LogP contribution in [-0.2, 0) is 9.53 Å². The fourth-order valence-electron chi connectivity index (χ4n) is 2.04. The quantitative estimate of drug-likeness (QED) is 0.662. The normalized spacial score (nSPS) is 26.2. The number of rotatable bonds is 1. The van der Waals surface area contributed by atoms with Crippen molar-refractivity contribution in [2.24, 2.45) is 0 Å². The Morgan fingerprint density at radius 3 is 3.24 bits per heavy atom. The standard InChI is InChI=1S/C14H12O2S/c15-8-10-5-6-13-11(7-10)9-16-12-3-1-2-4-14(12)17-13/h1,3,5-9,13H,2,4H2. The maximum atomic E-state index is 10.8. The van der Waals surface area contributed by atoms with Crippen LogP contribution in [-0.4, -0.2) is 11.5 Å². The number of aldehydes is 1. The zero-order valence-corrected chi connectivity index (χ0v) is 10.1. The van der Waals surface area contributed by atoms with E-state index >= 15 is 0 Å². The van der Waals surface area contributed by atoms with E-state index in [9.17, 15) is 4.79 Å². The van der Waals surface area contributed by atoms with Gasteiger partial charge in [-0.2, -0.15) is 0 Å². The van der Waals surface area contributed by atoms with Crippen LogP contribution in [0.3, 0.4) is 0 Å². The third kappa shape index (κ3) is 2.03. The van der Waals surface area contributed by atoms with Crippen molar-refractivity contribution in [3.63, 3.8) is 0 Å². The van der Waals surface area contributed by atoms with Gasteiger partial charge in [0.2, 0.25) is 0 Å². The van der Waals surface area contributed by atoms with Crippen molar-refractivity contribution in [3.8, 4) is 0 Å². The molecule has 0 N–H and O–H groups in total. The SMILES string of the molecule is O=CC1=CC2=COC3=C(CCC=C3)SC2C=C1. The average Bonchev–Trinajstić information content (AvgIpc) is 2.57. The van der Waals surface area contributed by atoms with E-state index in [-0.39, 0.29) is 5.25 Å². The van der Waals surface area contributed by atoms with Crippen LogP contribution in [0.2, 0.25) is 0 Å². The molecule has 0 aromatic heterocycles. The predicted molar refractivity (Wildman–Crippen MR) is 69.2 cm³/mol. The van der Waals surface area contributed by atoms with Gasteiger partial charge in [0.15, 0.2) is 0 Å². The molecule has 3 aliphatic rings. The Kier molecular flexibility index (Phi) is 2.77. The second-order valence-electron chi connectivity index (χ2n) is 4.12. The molecule has 2 aliphatic carbocycles. The topological polar surface area (TPSA) is 26.3 Å². The molecule has 1 heterocycles. The molecule has 0 fully saturated rings. The van der Waals surface area contributed by atoms with E-state index in [4.69, 9.17) is 4.74 Å². The number of hydrogen-bond donors (Lipinski definition) is 0. The third-order valence-corrected chi connectivity index (χ3v) is 4.31. The molecule has 3 rings (SSSR count). The Hall–Kier alpha value is -1.48. The molecule has 1 aliphatic heterocycles. The molecule has 86 valence electrons. The van der Waals surface area contributed by atoms with Crippen molar-refractivity contribution < 1.29 is 9.53 Å². The summed E-state index contributed by atoms with van der Waals surface area (Å²) in [4.78, 5) is 12.1. The van der Waals surface area contributed by atoms with Crippen LogP contribution in [0, 0.1) is 0 Å². The van der Waals surface area contributed by atoms with Gasteiger partial charge in [-0.3, -0.25) is 4.79 Å². The van der Waals surface area contributed by atoms with E-state index in [0.29, 0.717) is 5.57 Å². The molecule has 0 saturated heterocycles. The van der Waals surface area contributed by atoms with Gasteiger partial charge in [0.25, 0.3) is 0 Å². The molecule has 0 aromatic rings. The van der Waals surface area contributed by atoms with E-state index in [1.165, 1.54) is 4.91 Å². The lowest BCUT2D eigenvalue weighted by molar-refractivity contribution is -0.104. The third-order valence-electron chi connectivity index (χ3n) is 2.93. The van der Waals surface area contributed by atoms with Crippen molar-refractivity contribution in [1.82, 2.24) is 0 Å². The summed E-state index contributed by atoms with van der Waals surface area (Å²) in [6, 6.07) is 0. The first-order chi connectivity index (χ1) is 8.36. The van der Waals surface area contributed by atoms with E-state index < -0.39 is 0 Å². The maximum Gasteiger partial charge on any atom is 0.150 e. The summed E-state index contributed by atoms with van der Waals surface area (Å²) < 4.78 is 5.68. The van der Waals surface area contributed by atoms with Crippen LogP contribution >= 0.6 is 11.8 Å². The first-order valence-corrected chi connectivity index (χ1v) is 6.53. The van der Waals surface area contributed by atoms with Gasteiger partial charge >= 0.3 is 0 Å². The number of carbonyl (C=O) groups excluding carboxylic acids is 1. The Labute approximate surface area is 104 Å². The Balaban J connectivity index is 1.93. The minimum absolute atomic E-state index is 0.276. The van der Waals surface area contributed by atoms with Crippen LogP contribution in [0.15, 0.2) is 58.5 Å². The smallest absolute Gasteiger partial charge is 0.150 e.